The van der Waals surface area contributed by atoms with Crippen LogP contribution in [0.3, 0.4) is 0 Å². The number of β-amino-alcohol motifs (C(OH)–C–C–N with tert-alkyl or cyclic N) is 1. The highest BCUT2D eigenvalue weighted by molar-refractivity contribution is 5.76. The Kier molecular flexibility index (Phi) is 8.62. The third kappa shape index (κ3) is 6.18. The summed E-state index contributed by atoms with van der Waals surface area (Å²) in [5, 5.41) is 9.87. The molecule has 0 aromatic heterocycles. The molecule has 0 aromatic rings. The van der Waals surface area contributed by atoms with Gasteiger partial charge in [0.2, 0.25) is 0 Å². The Hall–Kier alpha value is -0.870. The van der Waals surface area contributed by atoms with Crippen LogP contribution in [0.15, 0.2) is 12.2 Å². The first kappa shape index (κ1) is 18.2. The van der Waals surface area contributed by atoms with E-state index in [-0.39, 0.29) is 18.1 Å². The van der Waals surface area contributed by atoms with Crippen LogP contribution in [0.5, 0.6) is 0 Å². The summed E-state index contributed by atoms with van der Waals surface area (Å²) in [7, 11) is 0. The maximum atomic E-state index is 12.3. The summed E-state index contributed by atoms with van der Waals surface area (Å²) in [5.74, 6) is 0.258. The van der Waals surface area contributed by atoms with E-state index in [1.807, 2.05) is 19.9 Å². The predicted molar refractivity (Wildman–Crippen MR) is 85.1 cm³/mol. The summed E-state index contributed by atoms with van der Waals surface area (Å²) in [6.07, 6.45) is 8.48. The lowest BCUT2D eigenvalue weighted by Crippen LogP contribution is -2.41. The molecule has 1 heterocycles. The molecule has 1 rings (SSSR count). The molecule has 1 unspecified atom stereocenters. The van der Waals surface area contributed by atoms with Crippen LogP contribution in [-0.4, -0.2) is 47.8 Å². The second kappa shape index (κ2) is 9.96. The Morgan fingerprint density at radius 1 is 1.43 bits per heavy atom. The molecule has 0 bridgehead atoms. The normalized spacial score (nSPS) is 24.6. The van der Waals surface area contributed by atoms with Gasteiger partial charge in [0.25, 0.3) is 0 Å². The zero-order valence-electron chi connectivity index (χ0n) is 13.8. The van der Waals surface area contributed by atoms with E-state index in [4.69, 9.17) is 4.74 Å². The number of esters is 1. The number of carbonyl (C=O) groups is 1. The maximum Gasteiger partial charge on any atom is 0.323 e. The predicted octanol–water partition coefficient (Wildman–Crippen LogP) is 2.76. The minimum atomic E-state index is -0.371. The Balaban J connectivity index is 2.54. The van der Waals surface area contributed by atoms with Crippen molar-refractivity contribution in [1.82, 2.24) is 4.90 Å². The molecule has 1 N–H and O–H groups in total. The SMILES string of the molecule is CC=C[C@@H]1C[C@H](C(=O)OCCCCC)N(CC(O)CC)C1. The van der Waals surface area contributed by atoms with Gasteiger partial charge < -0.3 is 9.84 Å². The number of aliphatic hydroxyl groups excluding tert-OH is 1. The van der Waals surface area contributed by atoms with Gasteiger partial charge in [0.05, 0.1) is 12.7 Å². The molecule has 4 heteroatoms. The van der Waals surface area contributed by atoms with Crippen molar-refractivity contribution >= 4 is 5.97 Å². The first-order valence-corrected chi connectivity index (χ1v) is 8.33. The highest BCUT2D eigenvalue weighted by Crippen LogP contribution is 2.26. The molecule has 1 fully saturated rings. The Morgan fingerprint density at radius 2 is 2.19 bits per heavy atom. The van der Waals surface area contributed by atoms with Gasteiger partial charge in [-0.05, 0) is 32.1 Å². The maximum absolute atomic E-state index is 12.3. The molecule has 0 aliphatic carbocycles. The van der Waals surface area contributed by atoms with Crippen LogP contribution in [0.4, 0.5) is 0 Å². The molecule has 0 radical (unpaired) electrons. The molecule has 122 valence electrons. The van der Waals surface area contributed by atoms with Crippen molar-refractivity contribution in [2.75, 3.05) is 19.7 Å². The van der Waals surface area contributed by atoms with E-state index in [0.717, 1.165) is 32.2 Å². The number of unbranched alkanes of at least 4 members (excludes halogenated alkanes) is 2. The Bertz CT molecular complexity index is 330. The van der Waals surface area contributed by atoms with Crippen LogP contribution in [0.1, 0.15) is 52.9 Å². The average Bonchev–Trinajstić information content (AvgIpc) is 2.86. The van der Waals surface area contributed by atoms with E-state index >= 15 is 0 Å². The largest absolute Gasteiger partial charge is 0.465 e. The van der Waals surface area contributed by atoms with E-state index in [1.165, 1.54) is 0 Å². The van der Waals surface area contributed by atoms with Crippen molar-refractivity contribution in [3.63, 3.8) is 0 Å². The fourth-order valence-electron chi connectivity index (χ4n) is 2.82. The molecule has 0 aromatic carbocycles. The summed E-state index contributed by atoms with van der Waals surface area (Å²) in [5.41, 5.74) is 0. The van der Waals surface area contributed by atoms with Crippen LogP contribution in [0, 0.1) is 5.92 Å². The van der Waals surface area contributed by atoms with Crippen LogP contribution >= 0.6 is 0 Å². The van der Waals surface area contributed by atoms with E-state index in [0.29, 0.717) is 25.5 Å². The van der Waals surface area contributed by atoms with E-state index in [1.54, 1.807) is 0 Å². The molecule has 0 saturated carbocycles. The van der Waals surface area contributed by atoms with E-state index in [2.05, 4.69) is 17.9 Å². The van der Waals surface area contributed by atoms with E-state index < -0.39 is 0 Å². The molecular weight excluding hydrogens is 266 g/mol. The third-order valence-corrected chi connectivity index (χ3v) is 4.08. The monoisotopic (exact) mass is 297 g/mol. The number of carbonyl (C=O) groups excluding carboxylic acids is 1. The number of aliphatic hydroxyl groups is 1. The van der Waals surface area contributed by atoms with E-state index in [9.17, 15) is 9.90 Å². The van der Waals surface area contributed by atoms with Crippen molar-refractivity contribution < 1.29 is 14.6 Å². The third-order valence-electron chi connectivity index (χ3n) is 4.08. The number of allylic oxidation sites excluding steroid dienone is 1. The van der Waals surface area contributed by atoms with Crippen LogP contribution in [0.25, 0.3) is 0 Å². The van der Waals surface area contributed by atoms with Gasteiger partial charge in [0, 0.05) is 13.1 Å². The fourth-order valence-corrected chi connectivity index (χ4v) is 2.82. The standard InChI is InChI=1S/C17H31NO3/c1-4-7-8-10-21-17(20)16-11-14(9-5-2)12-18(16)13-15(19)6-3/h5,9,14-16,19H,4,6-8,10-13H2,1-3H3/t14-,15?,16-/m1/s1. The molecule has 1 saturated heterocycles. The first-order valence-electron chi connectivity index (χ1n) is 8.33. The van der Waals surface area contributed by atoms with Gasteiger partial charge >= 0.3 is 5.97 Å². The highest BCUT2D eigenvalue weighted by Gasteiger charge is 2.37. The summed E-state index contributed by atoms with van der Waals surface area (Å²) in [4.78, 5) is 14.4. The topological polar surface area (TPSA) is 49.8 Å². The summed E-state index contributed by atoms with van der Waals surface area (Å²) < 4.78 is 5.41. The lowest BCUT2D eigenvalue weighted by Gasteiger charge is -2.24. The van der Waals surface area contributed by atoms with Gasteiger partial charge in [-0.15, -0.1) is 0 Å². The van der Waals surface area contributed by atoms with Gasteiger partial charge in [-0.2, -0.15) is 0 Å². The minimum absolute atomic E-state index is 0.124. The molecule has 1 aliphatic rings. The summed E-state index contributed by atoms with van der Waals surface area (Å²) in [6, 6.07) is -0.200. The molecule has 21 heavy (non-hydrogen) atoms. The number of rotatable bonds is 9. The summed E-state index contributed by atoms with van der Waals surface area (Å²) >= 11 is 0. The van der Waals surface area contributed by atoms with Crippen molar-refractivity contribution in [3.8, 4) is 0 Å². The van der Waals surface area contributed by atoms with Crippen molar-refractivity contribution in [1.29, 1.82) is 0 Å². The number of likely N-dealkylation sites (tertiary alicyclic amines) is 1. The summed E-state index contributed by atoms with van der Waals surface area (Å²) in [6.45, 7) is 8.00. The molecular formula is C17H31NO3. The zero-order chi connectivity index (χ0) is 15.7. The highest BCUT2D eigenvalue weighted by atomic mass is 16.5. The Morgan fingerprint density at radius 3 is 2.81 bits per heavy atom. The van der Waals surface area contributed by atoms with Crippen molar-refractivity contribution in [3.05, 3.63) is 12.2 Å². The van der Waals surface area contributed by atoms with Crippen LogP contribution in [0.2, 0.25) is 0 Å². The van der Waals surface area contributed by atoms with Gasteiger partial charge in [-0.3, -0.25) is 9.69 Å². The second-order valence-electron chi connectivity index (χ2n) is 5.93. The fraction of sp³-hybridized carbons (Fsp3) is 0.824. The molecule has 3 atom stereocenters. The smallest absolute Gasteiger partial charge is 0.323 e. The van der Waals surface area contributed by atoms with Gasteiger partial charge in [0.1, 0.15) is 6.04 Å². The molecule has 1 aliphatic heterocycles. The Labute approximate surface area is 129 Å². The number of hydrogen-bond donors (Lipinski definition) is 1. The lowest BCUT2D eigenvalue weighted by molar-refractivity contribution is -0.149. The number of ether oxygens (including phenoxy) is 1. The number of hydrogen-bond acceptors (Lipinski definition) is 4. The van der Waals surface area contributed by atoms with Crippen molar-refractivity contribution in [2.45, 2.75) is 65.0 Å². The van der Waals surface area contributed by atoms with Crippen molar-refractivity contribution in [2.24, 2.45) is 5.92 Å². The number of nitrogens with zero attached hydrogens (tertiary/aromatic N) is 1. The van der Waals surface area contributed by atoms with Crippen LogP contribution in [-0.2, 0) is 9.53 Å². The van der Waals surface area contributed by atoms with Gasteiger partial charge in [0.15, 0.2) is 0 Å². The average molecular weight is 297 g/mol. The lowest BCUT2D eigenvalue weighted by atomic mass is 10.1. The van der Waals surface area contributed by atoms with Gasteiger partial charge in [-0.25, -0.2) is 0 Å². The minimum Gasteiger partial charge on any atom is -0.465 e. The van der Waals surface area contributed by atoms with Crippen LogP contribution < -0.4 is 0 Å². The zero-order valence-corrected chi connectivity index (χ0v) is 13.8. The molecule has 0 spiro atoms. The molecule has 4 nitrogen and oxygen atoms in total. The van der Waals surface area contributed by atoms with Gasteiger partial charge in [-0.1, -0.05) is 38.8 Å². The second-order valence-corrected chi connectivity index (χ2v) is 5.93. The molecule has 0 amide bonds. The quantitative estimate of drug-likeness (QED) is 0.404. The first-order chi connectivity index (χ1) is 10.1.